The second kappa shape index (κ2) is 12.1. The number of hydrogen-bond acceptors (Lipinski definition) is 4. The molecule has 1 rings (SSSR count). The molecule has 0 fully saturated rings. The molecule has 24 heavy (non-hydrogen) atoms. The lowest BCUT2D eigenvalue weighted by Crippen LogP contribution is -2.18. The van der Waals surface area contributed by atoms with Crippen LogP contribution in [0.25, 0.3) is 0 Å². The van der Waals surface area contributed by atoms with Gasteiger partial charge < -0.3 is 9.47 Å². The fourth-order valence-electron chi connectivity index (χ4n) is 3.22. The molecule has 138 valence electrons. The quantitative estimate of drug-likeness (QED) is 0.346. The summed E-state index contributed by atoms with van der Waals surface area (Å²) in [6.07, 6.45) is 14.3. The monoisotopic (exact) mass is 338 g/mol. The van der Waals surface area contributed by atoms with Gasteiger partial charge in [0.05, 0.1) is 12.7 Å². The summed E-state index contributed by atoms with van der Waals surface area (Å²) in [5.74, 6) is -0.824. The van der Waals surface area contributed by atoms with E-state index in [2.05, 4.69) is 6.92 Å². The second-order valence-electron chi connectivity index (χ2n) is 6.75. The number of ether oxygens (including phenoxy) is 2. The minimum Gasteiger partial charge on any atom is -0.466 e. The first-order valence-electron chi connectivity index (χ1n) is 9.61. The van der Waals surface area contributed by atoms with Crippen molar-refractivity contribution in [1.82, 2.24) is 0 Å². The topological polar surface area (TPSA) is 52.6 Å². The first-order chi connectivity index (χ1) is 11.6. The van der Waals surface area contributed by atoms with E-state index in [-0.39, 0.29) is 5.97 Å². The van der Waals surface area contributed by atoms with Gasteiger partial charge in [0, 0.05) is 5.57 Å². The molecule has 0 saturated carbocycles. The first-order valence-corrected chi connectivity index (χ1v) is 9.61. The van der Waals surface area contributed by atoms with Gasteiger partial charge in [-0.1, -0.05) is 71.1 Å². The van der Waals surface area contributed by atoms with Crippen LogP contribution in [0.3, 0.4) is 0 Å². The van der Waals surface area contributed by atoms with Crippen LogP contribution < -0.4 is 0 Å². The molecule has 0 amide bonds. The number of cyclic esters (lactones) is 1. The molecule has 1 heterocycles. The van der Waals surface area contributed by atoms with E-state index in [0.29, 0.717) is 17.6 Å². The Kier molecular flexibility index (Phi) is 10.4. The van der Waals surface area contributed by atoms with Crippen molar-refractivity contribution < 1.29 is 19.1 Å². The number of carbonyl (C=O) groups is 2. The zero-order valence-corrected chi connectivity index (χ0v) is 15.7. The smallest absolute Gasteiger partial charge is 0.338 e. The summed E-state index contributed by atoms with van der Waals surface area (Å²) < 4.78 is 10.0. The van der Waals surface area contributed by atoms with E-state index in [1.54, 1.807) is 6.92 Å². The van der Waals surface area contributed by atoms with Gasteiger partial charge in [0.1, 0.15) is 6.10 Å². The summed E-state index contributed by atoms with van der Waals surface area (Å²) >= 11 is 0. The van der Waals surface area contributed by atoms with E-state index in [9.17, 15) is 9.59 Å². The van der Waals surface area contributed by atoms with Crippen molar-refractivity contribution in [2.24, 2.45) is 0 Å². The molecule has 0 aromatic rings. The Labute approximate surface area is 147 Å². The Balaban J connectivity index is 2.09. The minimum absolute atomic E-state index is 0.386. The molecule has 4 heteroatoms. The predicted molar refractivity (Wildman–Crippen MR) is 95.7 cm³/mol. The molecule has 0 aromatic carbocycles. The van der Waals surface area contributed by atoms with E-state index in [1.807, 2.05) is 0 Å². The van der Waals surface area contributed by atoms with Crippen LogP contribution in [0.2, 0.25) is 0 Å². The molecule has 1 aliphatic heterocycles. The van der Waals surface area contributed by atoms with Gasteiger partial charge in [0.25, 0.3) is 0 Å². The average molecular weight is 338 g/mol. The summed E-state index contributed by atoms with van der Waals surface area (Å²) in [5.41, 5.74) is 0.810. The summed E-state index contributed by atoms with van der Waals surface area (Å²) in [7, 11) is 1.34. The third kappa shape index (κ3) is 7.06. The fourth-order valence-corrected chi connectivity index (χ4v) is 3.22. The van der Waals surface area contributed by atoms with Gasteiger partial charge >= 0.3 is 11.9 Å². The van der Waals surface area contributed by atoms with Gasteiger partial charge in [0.2, 0.25) is 0 Å². The Bertz CT molecular complexity index is 425. The lowest BCUT2D eigenvalue weighted by atomic mass is 10.00. The first kappa shape index (κ1) is 20.7. The van der Waals surface area contributed by atoms with Gasteiger partial charge in [-0.3, -0.25) is 0 Å². The van der Waals surface area contributed by atoms with Crippen LogP contribution in [0.1, 0.15) is 90.9 Å². The molecule has 0 bridgehead atoms. The molecular weight excluding hydrogens is 304 g/mol. The highest BCUT2D eigenvalue weighted by Gasteiger charge is 2.35. The molecular formula is C20H34O4. The molecule has 0 aromatic heterocycles. The fraction of sp³-hybridized carbons (Fsp3) is 0.800. The van der Waals surface area contributed by atoms with Gasteiger partial charge in [0.15, 0.2) is 0 Å². The third-order valence-electron chi connectivity index (χ3n) is 4.76. The third-order valence-corrected chi connectivity index (χ3v) is 4.76. The summed E-state index contributed by atoms with van der Waals surface area (Å²) in [6, 6.07) is 0. The standard InChI is InChI=1S/C20H34O4/c1-4-5-6-7-8-9-10-11-12-13-14-15-17-18(20(22)23-3)16(2)19(21)24-17/h17H,4-15H2,1-3H3/t17-/m0/s1. The molecule has 1 atom stereocenters. The molecule has 1 aliphatic rings. The largest absolute Gasteiger partial charge is 0.466 e. The number of rotatable bonds is 13. The van der Waals surface area contributed by atoms with E-state index >= 15 is 0 Å². The van der Waals surface area contributed by atoms with Gasteiger partial charge in [-0.05, 0) is 19.8 Å². The average Bonchev–Trinajstić information content (AvgIpc) is 2.86. The van der Waals surface area contributed by atoms with Crippen molar-refractivity contribution in [3.05, 3.63) is 11.1 Å². The zero-order chi connectivity index (χ0) is 17.8. The summed E-state index contributed by atoms with van der Waals surface area (Å²) in [6.45, 7) is 3.88. The number of unbranched alkanes of at least 4 members (excludes halogenated alkanes) is 10. The number of carbonyl (C=O) groups excluding carboxylic acids is 2. The number of esters is 2. The van der Waals surface area contributed by atoms with Crippen molar-refractivity contribution in [3.63, 3.8) is 0 Å². The minimum atomic E-state index is -0.438. The lowest BCUT2D eigenvalue weighted by molar-refractivity contribution is -0.141. The Morgan fingerprint density at radius 2 is 1.46 bits per heavy atom. The van der Waals surface area contributed by atoms with Gasteiger partial charge in [-0.15, -0.1) is 0 Å². The highest BCUT2D eigenvalue weighted by Crippen LogP contribution is 2.27. The zero-order valence-electron chi connectivity index (χ0n) is 15.7. The van der Waals surface area contributed by atoms with Crippen LogP contribution >= 0.6 is 0 Å². The Hall–Kier alpha value is -1.32. The molecule has 0 N–H and O–H groups in total. The highest BCUT2D eigenvalue weighted by atomic mass is 16.6. The van der Waals surface area contributed by atoms with Crippen molar-refractivity contribution in [2.45, 2.75) is 97.0 Å². The van der Waals surface area contributed by atoms with Crippen molar-refractivity contribution in [3.8, 4) is 0 Å². The van der Waals surface area contributed by atoms with Gasteiger partial charge in [-0.25, -0.2) is 9.59 Å². The molecule has 0 radical (unpaired) electrons. The van der Waals surface area contributed by atoms with E-state index in [4.69, 9.17) is 9.47 Å². The maximum absolute atomic E-state index is 11.8. The van der Waals surface area contributed by atoms with E-state index in [1.165, 1.54) is 64.9 Å². The number of hydrogen-bond donors (Lipinski definition) is 0. The van der Waals surface area contributed by atoms with Crippen molar-refractivity contribution in [2.75, 3.05) is 7.11 Å². The van der Waals surface area contributed by atoms with Crippen LogP contribution in [0, 0.1) is 0 Å². The van der Waals surface area contributed by atoms with Crippen molar-refractivity contribution in [1.29, 1.82) is 0 Å². The van der Waals surface area contributed by atoms with Crippen LogP contribution in [-0.4, -0.2) is 25.2 Å². The number of methoxy groups -OCH3 is 1. The van der Waals surface area contributed by atoms with Crippen LogP contribution in [0.4, 0.5) is 0 Å². The summed E-state index contributed by atoms with van der Waals surface area (Å²) in [5, 5.41) is 0. The Morgan fingerprint density at radius 3 is 1.96 bits per heavy atom. The molecule has 0 aliphatic carbocycles. The maximum Gasteiger partial charge on any atom is 0.338 e. The molecule has 0 spiro atoms. The summed E-state index contributed by atoms with van der Waals surface area (Å²) in [4.78, 5) is 23.4. The molecule has 4 nitrogen and oxygen atoms in total. The molecule has 0 unspecified atom stereocenters. The SMILES string of the molecule is CCCCCCCCCCCCC[C@@H]1OC(=O)C(C)=C1C(=O)OC. The van der Waals surface area contributed by atoms with Gasteiger partial charge in [-0.2, -0.15) is 0 Å². The lowest BCUT2D eigenvalue weighted by Gasteiger charge is -2.12. The van der Waals surface area contributed by atoms with E-state index < -0.39 is 12.1 Å². The maximum atomic E-state index is 11.8. The molecule has 0 saturated heterocycles. The van der Waals surface area contributed by atoms with Crippen LogP contribution in [-0.2, 0) is 19.1 Å². The second-order valence-corrected chi connectivity index (χ2v) is 6.75. The van der Waals surface area contributed by atoms with E-state index in [0.717, 1.165) is 12.8 Å². The van der Waals surface area contributed by atoms with Crippen LogP contribution in [0.15, 0.2) is 11.1 Å². The normalized spacial score (nSPS) is 17.3. The highest BCUT2D eigenvalue weighted by molar-refractivity contribution is 6.03. The van der Waals surface area contributed by atoms with Crippen LogP contribution in [0.5, 0.6) is 0 Å². The van der Waals surface area contributed by atoms with Crippen molar-refractivity contribution >= 4 is 11.9 Å². The Morgan fingerprint density at radius 1 is 0.958 bits per heavy atom. The predicted octanol–water partition coefficient (Wildman–Crippen LogP) is 5.10.